The van der Waals surface area contributed by atoms with Crippen LogP contribution in [-0.2, 0) is 16.0 Å². The molecule has 0 saturated heterocycles. The van der Waals surface area contributed by atoms with Gasteiger partial charge in [0.15, 0.2) is 23.0 Å². The minimum Gasteiger partial charge on any atom is -0.493 e. The molecule has 2 aromatic carbocycles. The zero-order valence-electron chi connectivity index (χ0n) is 18.2. The summed E-state index contributed by atoms with van der Waals surface area (Å²) in [5, 5.41) is 11.2. The van der Waals surface area contributed by atoms with Gasteiger partial charge in [-0.15, -0.1) is 0 Å². The van der Waals surface area contributed by atoms with E-state index in [1.807, 2.05) is 0 Å². The van der Waals surface area contributed by atoms with Gasteiger partial charge in [0.2, 0.25) is 18.3 Å². The second kappa shape index (κ2) is 8.88. The molecule has 1 N–H and O–H groups in total. The first-order chi connectivity index (χ1) is 15.5. The van der Waals surface area contributed by atoms with Gasteiger partial charge in [-0.2, -0.15) is 0 Å². The molecular weight excluding hydrogens is 420 g/mol. The van der Waals surface area contributed by atoms with E-state index in [1.54, 1.807) is 24.3 Å². The Morgan fingerprint density at radius 3 is 2.25 bits per heavy atom. The zero-order chi connectivity index (χ0) is 22.8. The molecule has 0 amide bonds. The molecule has 0 unspecified atom stereocenters. The fourth-order valence-electron chi connectivity index (χ4n) is 3.88. The Morgan fingerprint density at radius 2 is 1.62 bits per heavy atom. The fourth-order valence-corrected chi connectivity index (χ4v) is 3.88. The Hall–Kier alpha value is -3.59. The topological polar surface area (TPSA) is 102 Å². The van der Waals surface area contributed by atoms with Gasteiger partial charge in [0.05, 0.1) is 28.4 Å². The molecular formula is C23H24O9. The lowest BCUT2D eigenvalue weighted by molar-refractivity contribution is -0.136. The first-order valence-electron chi connectivity index (χ1n) is 9.84. The van der Waals surface area contributed by atoms with Crippen LogP contribution in [0.4, 0.5) is 0 Å². The van der Waals surface area contributed by atoms with Crippen molar-refractivity contribution >= 4 is 5.97 Å². The van der Waals surface area contributed by atoms with Crippen molar-refractivity contribution in [1.82, 2.24) is 0 Å². The number of hydrogen-bond donors (Lipinski definition) is 1. The Balaban J connectivity index is 1.73. The summed E-state index contributed by atoms with van der Waals surface area (Å²) in [7, 11) is 6.01. The molecule has 9 nitrogen and oxygen atoms in total. The van der Waals surface area contributed by atoms with Gasteiger partial charge in [0.25, 0.3) is 0 Å². The van der Waals surface area contributed by atoms with Gasteiger partial charge in [0, 0.05) is 23.1 Å². The lowest BCUT2D eigenvalue weighted by atomic mass is 9.94. The number of cyclic esters (lactones) is 1. The van der Waals surface area contributed by atoms with E-state index in [9.17, 15) is 9.90 Å². The zero-order valence-corrected chi connectivity index (χ0v) is 18.2. The largest absolute Gasteiger partial charge is 0.493 e. The van der Waals surface area contributed by atoms with Crippen LogP contribution in [0.2, 0.25) is 0 Å². The quantitative estimate of drug-likeness (QED) is 0.616. The summed E-state index contributed by atoms with van der Waals surface area (Å²) in [6.45, 7) is 0.0733. The van der Waals surface area contributed by atoms with E-state index in [2.05, 4.69) is 0 Å². The number of ether oxygens (including phenoxy) is 7. The van der Waals surface area contributed by atoms with Crippen molar-refractivity contribution < 1.29 is 43.1 Å². The standard InChI is InChI=1S/C23H24O9/c1-26-17-8-13(9-18(27-2)21(17)29-4)19(24)15-10-30-23(25)14(15)7-12-5-6-16-22(20(12)28-3)32-11-31-16/h5-6,8-9,19,24H,7,10-11H2,1-4H3/t19-/m0/s1. The van der Waals surface area contributed by atoms with Crippen LogP contribution in [0.5, 0.6) is 34.5 Å². The van der Waals surface area contributed by atoms with E-state index in [-0.39, 0.29) is 19.8 Å². The van der Waals surface area contributed by atoms with Gasteiger partial charge in [-0.3, -0.25) is 0 Å². The third-order valence-corrected chi connectivity index (χ3v) is 5.47. The molecule has 32 heavy (non-hydrogen) atoms. The molecule has 0 bridgehead atoms. The van der Waals surface area contributed by atoms with Crippen LogP contribution in [-0.4, -0.2) is 52.9 Å². The molecule has 0 fully saturated rings. The van der Waals surface area contributed by atoms with Crippen molar-refractivity contribution in [3.8, 4) is 34.5 Å². The monoisotopic (exact) mass is 444 g/mol. The highest BCUT2D eigenvalue weighted by Gasteiger charge is 2.33. The van der Waals surface area contributed by atoms with Crippen molar-refractivity contribution in [1.29, 1.82) is 0 Å². The number of hydrogen-bond acceptors (Lipinski definition) is 9. The Bertz CT molecular complexity index is 1050. The number of carbonyl (C=O) groups is 1. The SMILES string of the molecule is COc1cc([C@H](O)C2=C(Cc3ccc4c(c3OC)OCO4)C(=O)OC2)cc(OC)c1OC. The minimum atomic E-state index is -1.12. The van der Waals surface area contributed by atoms with Crippen LogP contribution in [0.25, 0.3) is 0 Å². The normalized spacial score (nSPS) is 15.5. The number of benzene rings is 2. The molecule has 0 aliphatic carbocycles. The van der Waals surface area contributed by atoms with E-state index in [1.165, 1.54) is 28.4 Å². The molecule has 9 heteroatoms. The first-order valence-corrected chi connectivity index (χ1v) is 9.84. The van der Waals surface area contributed by atoms with Crippen LogP contribution in [0, 0.1) is 0 Å². The third-order valence-electron chi connectivity index (χ3n) is 5.47. The third kappa shape index (κ3) is 3.64. The first kappa shape index (κ1) is 21.6. The maximum Gasteiger partial charge on any atom is 0.334 e. The van der Waals surface area contributed by atoms with Crippen molar-refractivity contribution in [2.45, 2.75) is 12.5 Å². The van der Waals surface area contributed by atoms with Gasteiger partial charge < -0.3 is 38.3 Å². The molecule has 2 aromatic rings. The van der Waals surface area contributed by atoms with Crippen molar-refractivity contribution in [3.63, 3.8) is 0 Å². The Labute approximate surface area is 185 Å². The number of methoxy groups -OCH3 is 4. The molecule has 2 aliphatic rings. The number of carbonyl (C=O) groups excluding carboxylic acids is 1. The number of esters is 1. The highest BCUT2D eigenvalue weighted by atomic mass is 16.7. The summed E-state index contributed by atoms with van der Waals surface area (Å²) in [6, 6.07) is 6.84. The van der Waals surface area contributed by atoms with Crippen LogP contribution in [0.3, 0.4) is 0 Å². The van der Waals surface area contributed by atoms with Gasteiger partial charge >= 0.3 is 5.97 Å². The smallest absolute Gasteiger partial charge is 0.334 e. The molecule has 0 spiro atoms. The number of rotatable bonds is 8. The molecule has 2 aliphatic heterocycles. The highest BCUT2D eigenvalue weighted by Crippen LogP contribution is 2.45. The lowest BCUT2D eigenvalue weighted by Crippen LogP contribution is -2.08. The summed E-state index contributed by atoms with van der Waals surface area (Å²) >= 11 is 0. The molecule has 2 heterocycles. The van der Waals surface area contributed by atoms with E-state index < -0.39 is 12.1 Å². The molecule has 0 saturated carbocycles. The summed E-state index contributed by atoms with van der Waals surface area (Å²) in [6.07, 6.45) is -0.930. The lowest BCUT2D eigenvalue weighted by Gasteiger charge is -2.18. The van der Waals surface area contributed by atoms with E-state index >= 15 is 0 Å². The summed E-state index contributed by atoms with van der Waals surface area (Å²) < 4.78 is 37.8. The van der Waals surface area contributed by atoms with E-state index in [4.69, 9.17) is 33.2 Å². The number of fused-ring (bicyclic) bond motifs is 1. The average molecular weight is 444 g/mol. The molecule has 0 radical (unpaired) electrons. The Morgan fingerprint density at radius 1 is 0.938 bits per heavy atom. The fraction of sp³-hybridized carbons (Fsp3) is 0.348. The predicted molar refractivity (Wildman–Crippen MR) is 112 cm³/mol. The summed E-state index contributed by atoms with van der Waals surface area (Å²) in [5.74, 6) is 2.25. The summed E-state index contributed by atoms with van der Waals surface area (Å²) in [4.78, 5) is 12.5. The van der Waals surface area contributed by atoms with Crippen LogP contribution in [0.1, 0.15) is 17.2 Å². The second-order valence-corrected chi connectivity index (χ2v) is 7.11. The highest BCUT2D eigenvalue weighted by molar-refractivity contribution is 5.92. The Kier molecular flexibility index (Phi) is 6.00. The minimum absolute atomic E-state index is 0.0289. The maximum absolute atomic E-state index is 12.5. The molecule has 170 valence electrons. The molecule has 0 aromatic heterocycles. The average Bonchev–Trinajstić information content (AvgIpc) is 3.44. The molecule has 4 rings (SSSR count). The maximum atomic E-state index is 12.5. The van der Waals surface area contributed by atoms with E-state index in [0.29, 0.717) is 56.8 Å². The van der Waals surface area contributed by atoms with Gasteiger partial charge in [-0.1, -0.05) is 6.07 Å². The molecule has 1 atom stereocenters. The second-order valence-electron chi connectivity index (χ2n) is 7.11. The van der Waals surface area contributed by atoms with Crippen LogP contribution < -0.4 is 28.4 Å². The van der Waals surface area contributed by atoms with E-state index in [0.717, 1.165) is 0 Å². The van der Waals surface area contributed by atoms with Gasteiger partial charge in [-0.05, 0) is 23.8 Å². The van der Waals surface area contributed by atoms with Crippen LogP contribution >= 0.6 is 0 Å². The van der Waals surface area contributed by atoms with Crippen LogP contribution in [0.15, 0.2) is 35.4 Å². The number of aliphatic hydroxyl groups is 1. The number of aliphatic hydroxyl groups excluding tert-OH is 1. The summed E-state index contributed by atoms with van der Waals surface area (Å²) in [5.41, 5.74) is 1.98. The predicted octanol–water partition coefficient (Wildman–Crippen LogP) is 2.58. The van der Waals surface area contributed by atoms with Crippen molar-refractivity contribution in [3.05, 3.63) is 46.5 Å². The van der Waals surface area contributed by atoms with Crippen molar-refractivity contribution in [2.24, 2.45) is 0 Å². The van der Waals surface area contributed by atoms with Crippen molar-refractivity contribution in [2.75, 3.05) is 41.8 Å². The van der Waals surface area contributed by atoms with Gasteiger partial charge in [0.1, 0.15) is 12.7 Å². The van der Waals surface area contributed by atoms with Gasteiger partial charge in [-0.25, -0.2) is 4.79 Å².